The number of hydrogen-bond acceptors (Lipinski definition) is 3. The van der Waals surface area contributed by atoms with Gasteiger partial charge in [-0.1, -0.05) is 11.6 Å². The number of rotatable bonds is 2. The van der Waals surface area contributed by atoms with Gasteiger partial charge in [-0.2, -0.15) is 5.10 Å². The summed E-state index contributed by atoms with van der Waals surface area (Å²) >= 11 is 9.15. The van der Waals surface area contributed by atoms with E-state index >= 15 is 0 Å². The molecule has 1 heterocycles. The van der Waals surface area contributed by atoms with Crippen molar-refractivity contribution in [2.75, 3.05) is 11.1 Å². The average Bonchev–Trinajstić information content (AvgIpc) is 2.70. The lowest BCUT2D eigenvalue weighted by atomic mass is 10.3. The van der Waals surface area contributed by atoms with Crippen molar-refractivity contribution >= 4 is 44.8 Å². The van der Waals surface area contributed by atoms with Gasteiger partial charge in [0.15, 0.2) is 0 Å². The van der Waals surface area contributed by atoms with Gasteiger partial charge in [-0.25, -0.2) is 0 Å². The molecule has 5 nitrogen and oxygen atoms in total. The molecular weight excluding hydrogens is 307 g/mol. The molecule has 1 amide bonds. The number of hydrogen-bond donors (Lipinski definition) is 3. The molecule has 1 aromatic carbocycles. The maximum absolute atomic E-state index is 11.8. The number of nitrogen functional groups attached to an aromatic ring is 1. The van der Waals surface area contributed by atoms with Gasteiger partial charge in [0.1, 0.15) is 5.69 Å². The van der Waals surface area contributed by atoms with E-state index in [9.17, 15) is 4.79 Å². The Morgan fingerprint density at radius 3 is 2.94 bits per heavy atom. The number of amides is 1. The fraction of sp³-hybridized carbons (Fsp3) is 0. The maximum atomic E-state index is 11.8. The third-order valence-corrected chi connectivity index (χ3v) is 3.00. The number of carbonyl (C=O) groups excluding carboxylic acids is 1. The van der Waals surface area contributed by atoms with Gasteiger partial charge in [0.25, 0.3) is 5.91 Å². The van der Waals surface area contributed by atoms with E-state index in [0.717, 1.165) is 4.47 Å². The smallest absolute Gasteiger partial charge is 0.275 e. The summed E-state index contributed by atoms with van der Waals surface area (Å²) in [6, 6.07) is 5.09. The molecule has 0 aliphatic carbocycles. The Morgan fingerprint density at radius 2 is 2.29 bits per heavy atom. The van der Waals surface area contributed by atoms with E-state index in [1.807, 2.05) is 0 Å². The van der Waals surface area contributed by atoms with Gasteiger partial charge in [-0.05, 0) is 34.1 Å². The minimum atomic E-state index is -0.372. The zero-order valence-corrected chi connectivity index (χ0v) is 10.8. The van der Waals surface area contributed by atoms with Crippen molar-refractivity contribution in [3.05, 3.63) is 39.6 Å². The fourth-order valence-corrected chi connectivity index (χ4v) is 1.77. The van der Waals surface area contributed by atoms with Gasteiger partial charge in [-0.15, -0.1) is 0 Å². The van der Waals surface area contributed by atoms with Crippen molar-refractivity contribution < 1.29 is 4.79 Å². The molecule has 0 unspecified atom stereocenters. The van der Waals surface area contributed by atoms with E-state index in [0.29, 0.717) is 16.4 Å². The van der Waals surface area contributed by atoms with Crippen LogP contribution in [0.15, 0.2) is 28.9 Å². The number of nitrogens with one attached hydrogen (secondary N) is 2. The van der Waals surface area contributed by atoms with Crippen molar-refractivity contribution in [3.8, 4) is 0 Å². The molecule has 88 valence electrons. The highest BCUT2D eigenvalue weighted by Gasteiger charge is 2.13. The van der Waals surface area contributed by atoms with Crippen molar-refractivity contribution in [2.45, 2.75) is 0 Å². The summed E-state index contributed by atoms with van der Waals surface area (Å²) in [5.41, 5.74) is 6.65. The normalized spacial score (nSPS) is 10.2. The first kappa shape index (κ1) is 11.9. The summed E-state index contributed by atoms with van der Waals surface area (Å²) in [4.78, 5) is 11.8. The van der Waals surface area contributed by atoms with Crippen molar-refractivity contribution in [1.29, 1.82) is 0 Å². The Balaban J connectivity index is 2.24. The van der Waals surface area contributed by atoms with Crippen LogP contribution in [0.4, 0.5) is 11.4 Å². The molecule has 0 saturated heterocycles. The SMILES string of the molecule is Nc1cn[nH]c1C(=O)Nc1cc(Cl)ccc1Br. The van der Waals surface area contributed by atoms with Crippen molar-refractivity contribution in [3.63, 3.8) is 0 Å². The lowest BCUT2D eigenvalue weighted by Crippen LogP contribution is -2.14. The standard InChI is InChI=1S/C10H8BrClN4O/c11-6-2-1-5(12)3-8(6)15-10(17)9-7(13)4-14-16-9/h1-4H,13H2,(H,14,16)(H,15,17). The van der Waals surface area contributed by atoms with E-state index in [2.05, 4.69) is 31.4 Å². The number of H-pyrrole nitrogens is 1. The van der Waals surface area contributed by atoms with Crippen molar-refractivity contribution in [1.82, 2.24) is 10.2 Å². The first-order valence-corrected chi connectivity index (χ1v) is 5.80. The molecule has 0 saturated carbocycles. The molecule has 0 spiro atoms. The fourth-order valence-electron chi connectivity index (χ4n) is 1.26. The monoisotopic (exact) mass is 314 g/mol. The first-order chi connectivity index (χ1) is 8.08. The summed E-state index contributed by atoms with van der Waals surface area (Å²) in [6.45, 7) is 0. The van der Waals surface area contributed by atoms with E-state index in [1.54, 1.807) is 18.2 Å². The van der Waals surface area contributed by atoms with Crippen LogP contribution in [-0.4, -0.2) is 16.1 Å². The van der Waals surface area contributed by atoms with E-state index in [1.165, 1.54) is 6.20 Å². The van der Waals surface area contributed by atoms with Crippen LogP contribution in [0.2, 0.25) is 5.02 Å². The number of nitrogens with zero attached hydrogens (tertiary/aromatic N) is 1. The number of halogens is 2. The van der Waals surface area contributed by atoms with Crippen LogP contribution in [-0.2, 0) is 0 Å². The Labute approximate surface area is 110 Å². The minimum Gasteiger partial charge on any atom is -0.396 e. The van der Waals surface area contributed by atoms with Gasteiger partial charge in [0, 0.05) is 9.50 Å². The number of nitrogens with two attached hydrogens (primary N) is 1. The summed E-state index contributed by atoms with van der Waals surface area (Å²) in [7, 11) is 0. The Kier molecular flexibility index (Phi) is 3.35. The Morgan fingerprint density at radius 1 is 1.53 bits per heavy atom. The molecule has 7 heteroatoms. The average molecular weight is 316 g/mol. The van der Waals surface area contributed by atoms with Crippen LogP contribution >= 0.6 is 27.5 Å². The van der Waals surface area contributed by atoms with Crippen molar-refractivity contribution in [2.24, 2.45) is 0 Å². The van der Waals surface area contributed by atoms with Crippen LogP contribution in [0.5, 0.6) is 0 Å². The Bertz CT molecular complexity index is 569. The zero-order valence-electron chi connectivity index (χ0n) is 8.50. The quantitative estimate of drug-likeness (QED) is 0.796. The second-order valence-electron chi connectivity index (χ2n) is 3.28. The molecule has 2 rings (SSSR count). The number of anilines is 2. The molecule has 17 heavy (non-hydrogen) atoms. The van der Waals surface area contributed by atoms with Crippen LogP contribution in [0, 0.1) is 0 Å². The number of aromatic amines is 1. The van der Waals surface area contributed by atoms with E-state index < -0.39 is 0 Å². The third-order valence-electron chi connectivity index (χ3n) is 2.07. The van der Waals surface area contributed by atoms with Gasteiger partial charge >= 0.3 is 0 Å². The van der Waals surface area contributed by atoms with Gasteiger partial charge < -0.3 is 11.1 Å². The second-order valence-corrected chi connectivity index (χ2v) is 4.57. The zero-order chi connectivity index (χ0) is 12.4. The van der Waals surface area contributed by atoms with Gasteiger partial charge in [-0.3, -0.25) is 9.89 Å². The summed E-state index contributed by atoms with van der Waals surface area (Å²) in [5.74, 6) is -0.372. The topological polar surface area (TPSA) is 83.8 Å². The highest BCUT2D eigenvalue weighted by Crippen LogP contribution is 2.26. The van der Waals surface area contributed by atoms with Crippen LogP contribution < -0.4 is 11.1 Å². The van der Waals surface area contributed by atoms with Crippen LogP contribution in [0.1, 0.15) is 10.5 Å². The second kappa shape index (κ2) is 4.77. The van der Waals surface area contributed by atoms with Gasteiger partial charge in [0.2, 0.25) is 0 Å². The molecule has 0 radical (unpaired) electrons. The highest BCUT2D eigenvalue weighted by molar-refractivity contribution is 9.10. The number of benzene rings is 1. The third kappa shape index (κ3) is 2.59. The van der Waals surface area contributed by atoms with E-state index in [4.69, 9.17) is 17.3 Å². The lowest BCUT2D eigenvalue weighted by molar-refractivity contribution is 0.102. The minimum absolute atomic E-state index is 0.219. The molecule has 0 aliphatic rings. The summed E-state index contributed by atoms with van der Waals surface area (Å²) in [6.07, 6.45) is 1.38. The molecule has 0 atom stereocenters. The van der Waals surface area contributed by atoms with Gasteiger partial charge in [0.05, 0.1) is 17.6 Å². The molecule has 0 fully saturated rings. The lowest BCUT2D eigenvalue weighted by Gasteiger charge is -2.07. The van der Waals surface area contributed by atoms with Crippen LogP contribution in [0.3, 0.4) is 0 Å². The molecule has 2 aromatic rings. The first-order valence-electron chi connectivity index (χ1n) is 4.63. The molecule has 0 aliphatic heterocycles. The predicted octanol–water partition coefficient (Wildman–Crippen LogP) is 2.66. The summed E-state index contributed by atoms with van der Waals surface area (Å²) < 4.78 is 0.730. The number of carbonyl (C=O) groups is 1. The molecule has 4 N–H and O–H groups in total. The highest BCUT2D eigenvalue weighted by atomic mass is 79.9. The molecule has 0 bridgehead atoms. The Hall–Kier alpha value is -1.53. The molecule has 1 aromatic heterocycles. The largest absolute Gasteiger partial charge is 0.396 e. The van der Waals surface area contributed by atoms with E-state index in [-0.39, 0.29) is 11.6 Å². The van der Waals surface area contributed by atoms with Crippen LogP contribution in [0.25, 0.3) is 0 Å². The molecular formula is C10H8BrClN4O. The summed E-state index contributed by atoms with van der Waals surface area (Å²) in [5, 5.41) is 9.40. The maximum Gasteiger partial charge on any atom is 0.275 e. The number of aromatic nitrogens is 2. The predicted molar refractivity (Wildman–Crippen MR) is 70.1 cm³/mol.